The van der Waals surface area contributed by atoms with Crippen molar-refractivity contribution < 1.29 is 0 Å². The lowest BCUT2D eigenvalue weighted by molar-refractivity contribution is 0.846. The van der Waals surface area contributed by atoms with E-state index >= 15 is 0 Å². The van der Waals surface area contributed by atoms with Gasteiger partial charge in [-0.3, -0.25) is 0 Å². The van der Waals surface area contributed by atoms with E-state index in [9.17, 15) is 0 Å². The molecule has 0 spiro atoms. The van der Waals surface area contributed by atoms with Crippen LogP contribution in [0, 0.1) is 0 Å². The number of halogens is 3. The van der Waals surface area contributed by atoms with Crippen molar-refractivity contribution in [2.24, 2.45) is 0 Å². The standard InChI is InChI=1S/C12H12Cl3N3/c1-7(2)16-10-5-6-18(17-10)9-4-3-8(13)11(14)12(9)15/h3-7H,1-2H3,(H,16,17). The molecular formula is C12H12Cl3N3. The summed E-state index contributed by atoms with van der Waals surface area (Å²) in [5, 5.41) is 8.74. The van der Waals surface area contributed by atoms with Crippen LogP contribution in [0.3, 0.4) is 0 Å². The van der Waals surface area contributed by atoms with Gasteiger partial charge in [0.05, 0.1) is 20.8 Å². The monoisotopic (exact) mass is 303 g/mol. The molecule has 0 unspecified atom stereocenters. The van der Waals surface area contributed by atoms with Gasteiger partial charge < -0.3 is 5.32 Å². The van der Waals surface area contributed by atoms with E-state index in [0.29, 0.717) is 26.8 Å². The fraction of sp³-hybridized carbons (Fsp3) is 0.250. The van der Waals surface area contributed by atoms with Gasteiger partial charge in [0.25, 0.3) is 0 Å². The van der Waals surface area contributed by atoms with Crippen LogP contribution in [-0.4, -0.2) is 15.8 Å². The molecule has 1 aromatic heterocycles. The number of anilines is 1. The van der Waals surface area contributed by atoms with E-state index in [-0.39, 0.29) is 0 Å². The van der Waals surface area contributed by atoms with Gasteiger partial charge in [0.2, 0.25) is 0 Å². The van der Waals surface area contributed by atoms with Crippen molar-refractivity contribution >= 4 is 40.6 Å². The van der Waals surface area contributed by atoms with E-state index in [1.54, 1.807) is 16.8 Å². The highest BCUT2D eigenvalue weighted by atomic mass is 35.5. The molecule has 0 aliphatic rings. The zero-order valence-electron chi connectivity index (χ0n) is 9.92. The van der Waals surface area contributed by atoms with Gasteiger partial charge in [0.1, 0.15) is 5.82 Å². The van der Waals surface area contributed by atoms with Crippen LogP contribution in [0.2, 0.25) is 15.1 Å². The Morgan fingerprint density at radius 1 is 1.11 bits per heavy atom. The third-order valence-corrected chi connectivity index (χ3v) is 3.57. The molecular weight excluding hydrogens is 293 g/mol. The summed E-state index contributed by atoms with van der Waals surface area (Å²) in [6, 6.07) is 5.67. The van der Waals surface area contributed by atoms with E-state index in [1.165, 1.54) is 0 Å². The maximum atomic E-state index is 6.15. The zero-order valence-corrected chi connectivity index (χ0v) is 12.2. The molecule has 0 fully saturated rings. The van der Waals surface area contributed by atoms with Gasteiger partial charge in [0, 0.05) is 18.3 Å². The van der Waals surface area contributed by atoms with Crippen LogP contribution in [-0.2, 0) is 0 Å². The SMILES string of the molecule is CC(C)Nc1ccn(-c2ccc(Cl)c(Cl)c2Cl)n1. The van der Waals surface area contributed by atoms with Crippen LogP contribution in [0.1, 0.15) is 13.8 Å². The number of nitrogens with one attached hydrogen (secondary N) is 1. The summed E-state index contributed by atoms with van der Waals surface area (Å²) in [7, 11) is 0. The molecule has 0 amide bonds. The van der Waals surface area contributed by atoms with Crippen molar-refractivity contribution in [3.8, 4) is 5.69 Å². The molecule has 1 aromatic carbocycles. The van der Waals surface area contributed by atoms with Crippen LogP contribution in [0.5, 0.6) is 0 Å². The molecule has 0 radical (unpaired) electrons. The Kier molecular flexibility index (Phi) is 4.05. The Morgan fingerprint density at radius 2 is 1.83 bits per heavy atom. The number of rotatable bonds is 3. The Morgan fingerprint density at radius 3 is 2.50 bits per heavy atom. The molecule has 0 bridgehead atoms. The number of nitrogens with zero attached hydrogens (tertiary/aromatic N) is 2. The number of aromatic nitrogens is 2. The molecule has 2 aromatic rings. The summed E-state index contributed by atoms with van der Waals surface area (Å²) in [6.45, 7) is 4.09. The Bertz CT molecular complexity index is 564. The number of hydrogen-bond donors (Lipinski definition) is 1. The summed E-state index contributed by atoms with van der Waals surface area (Å²) in [4.78, 5) is 0. The summed E-state index contributed by atoms with van der Waals surface area (Å²) in [6.07, 6.45) is 1.82. The van der Waals surface area contributed by atoms with Crippen LogP contribution < -0.4 is 5.32 Å². The van der Waals surface area contributed by atoms with Crippen LogP contribution in [0.4, 0.5) is 5.82 Å². The summed E-state index contributed by atoms with van der Waals surface area (Å²) in [5.74, 6) is 0.784. The molecule has 0 aliphatic heterocycles. The second-order valence-corrected chi connectivity index (χ2v) is 5.30. The smallest absolute Gasteiger partial charge is 0.148 e. The third-order valence-electron chi connectivity index (χ3n) is 2.29. The fourth-order valence-electron chi connectivity index (χ4n) is 1.52. The second kappa shape index (κ2) is 5.39. The van der Waals surface area contributed by atoms with Crippen molar-refractivity contribution in [3.05, 3.63) is 39.5 Å². The van der Waals surface area contributed by atoms with Crippen molar-refractivity contribution in [1.82, 2.24) is 9.78 Å². The maximum absolute atomic E-state index is 6.15. The Labute approximate surface area is 121 Å². The highest BCUT2D eigenvalue weighted by molar-refractivity contribution is 6.48. The highest BCUT2D eigenvalue weighted by Crippen LogP contribution is 2.34. The van der Waals surface area contributed by atoms with Crippen molar-refractivity contribution in [2.75, 3.05) is 5.32 Å². The van der Waals surface area contributed by atoms with Gasteiger partial charge in [0.15, 0.2) is 0 Å². The second-order valence-electron chi connectivity index (χ2n) is 4.14. The van der Waals surface area contributed by atoms with Crippen LogP contribution in [0.25, 0.3) is 5.69 Å². The van der Waals surface area contributed by atoms with Crippen LogP contribution in [0.15, 0.2) is 24.4 Å². The summed E-state index contributed by atoms with van der Waals surface area (Å²) in [5.41, 5.74) is 0.697. The van der Waals surface area contributed by atoms with Gasteiger partial charge in [-0.1, -0.05) is 34.8 Å². The minimum atomic E-state index is 0.317. The molecule has 3 nitrogen and oxygen atoms in total. The van der Waals surface area contributed by atoms with Gasteiger partial charge in [-0.15, -0.1) is 0 Å². The van der Waals surface area contributed by atoms with E-state index in [2.05, 4.69) is 10.4 Å². The fourth-order valence-corrected chi connectivity index (χ4v) is 2.14. The minimum absolute atomic E-state index is 0.317. The lowest BCUT2D eigenvalue weighted by Gasteiger charge is -2.08. The Hall–Kier alpha value is -0.900. The molecule has 0 saturated heterocycles. The highest BCUT2D eigenvalue weighted by Gasteiger charge is 2.11. The first kappa shape index (κ1) is 13.5. The average Bonchev–Trinajstić information content (AvgIpc) is 2.73. The average molecular weight is 305 g/mol. The topological polar surface area (TPSA) is 29.9 Å². The normalized spacial score (nSPS) is 11.0. The minimum Gasteiger partial charge on any atom is -0.366 e. The molecule has 0 atom stereocenters. The molecule has 6 heteroatoms. The van der Waals surface area contributed by atoms with Crippen molar-refractivity contribution in [1.29, 1.82) is 0 Å². The van der Waals surface area contributed by atoms with Gasteiger partial charge in [-0.05, 0) is 26.0 Å². The lowest BCUT2D eigenvalue weighted by atomic mass is 10.3. The third kappa shape index (κ3) is 2.74. The largest absolute Gasteiger partial charge is 0.366 e. The molecule has 1 N–H and O–H groups in total. The molecule has 2 rings (SSSR count). The predicted molar refractivity (Wildman–Crippen MR) is 77.4 cm³/mol. The molecule has 0 saturated carbocycles. The van der Waals surface area contributed by atoms with Crippen molar-refractivity contribution in [3.63, 3.8) is 0 Å². The molecule has 96 valence electrons. The quantitative estimate of drug-likeness (QED) is 0.836. The Balaban J connectivity index is 2.37. The number of hydrogen-bond acceptors (Lipinski definition) is 2. The van der Waals surface area contributed by atoms with Gasteiger partial charge in [-0.25, -0.2) is 4.68 Å². The maximum Gasteiger partial charge on any atom is 0.148 e. The van der Waals surface area contributed by atoms with E-state index in [0.717, 1.165) is 5.82 Å². The molecule has 18 heavy (non-hydrogen) atoms. The van der Waals surface area contributed by atoms with E-state index < -0.39 is 0 Å². The van der Waals surface area contributed by atoms with Gasteiger partial charge >= 0.3 is 0 Å². The predicted octanol–water partition coefficient (Wildman–Crippen LogP) is 4.65. The lowest BCUT2D eigenvalue weighted by Crippen LogP contribution is -2.10. The number of benzene rings is 1. The zero-order chi connectivity index (χ0) is 13.3. The van der Waals surface area contributed by atoms with E-state index in [4.69, 9.17) is 34.8 Å². The molecule has 1 heterocycles. The van der Waals surface area contributed by atoms with Gasteiger partial charge in [-0.2, -0.15) is 5.10 Å². The summed E-state index contributed by atoms with van der Waals surface area (Å²) < 4.78 is 1.66. The summed E-state index contributed by atoms with van der Waals surface area (Å²) >= 11 is 18.0. The van der Waals surface area contributed by atoms with E-state index in [1.807, 2.05) is 26.1 Å². The van der Waals surface area contributed by atoms with Crippen LogP contribution >= 0.6 is 34.8 Å². The van der Waals surface area contributed by atoms with Crippen molar-refractivity contribution in [2.45, 2.75) is 19.9 Å². The first-order chi connectivity index (χ1) is 8.49. The molecule has 0 aliphatic carbocycles. The first-order valence-corrected chi connectivity index (χ1v) is 6.58. The first-order valence-electron chi connectivity index (χ1n) is 5.45.